The van der Waals surface area contributed by atoms with E-state index < -0.39 is 9.84 Å². The Morgan fingerprint density at radius 2 is 1.42 bits per heavy atom. The van der Waals surface area contributed by atoms with Gasteiger partial charge in [-0.05, 0) is 49.2 Å². The lowest BCUT2D eigenvalue weighted by Crippen LogP contribution is -2.03. The summed E-state index contributed by atoms with van der Waals surface area (Å²) in [5.41, 5.74) is 1.56. The van der Waals surface area contributed by atoms with Crippen molar-refractivity contribution in [2.45, 2.75) is 23.6 Å². The van der Waals surface area contributed by atoms with Gasteiger partial charge >= 0.3 is 0 Å². The SMILES string of the molecule is Cc1cc(O)c(S(=O)(=O)c2ccccc2O)cc1C. The molecule has 0 saturated heterocycles. The molecule has 2 aromatic rings. The first-order valence-corrected chi connectivity index (χ1v) is 7.15. The van der Waals surface area contributed by atoms with Gasteiger partial charge in [-0.15, -0.1) is 0 Å². The largest absolute Gasteiger partial charge is 0.507 e. The summed E-state index contributed by atoms with van der Waals surface area (Å²) < 4.78 is 24.8. The molecule has 0 spiro atoms. The molecule has 2 rings (SSSR count). The Kier molecular flexibility index (Phi) is 3.24. The van der Waals surface area contributed by atoms with Gasteiger partial charge in [0, 0.05) is 0 Å². The number of rotatable bonds is 2. The van der Waals surface area contributed by atoms with Gasteiger partial charge in [0.25, 0.3) is 0 Å². The third-order valence-corrected chi connectivity index (χ3v) is 4.85. The van der Waals surface area contributed by atoms with Crippen molar-refractivity contribution in [3.8, 4) is 11.5 Å². The average Bonchev–Trinajstić information content (AvgIpc) is 2.34. The van der Waals surface area contributed by atoms with Gasteiger partial charge in [0.1, 0.15) is 21.3 Å². The van der Waals surface area contributed by atoms with Crippen LogP contribution in [0.5, 0.6) is 11.5 Å². The highest BCUT2D eigenvalue weighted by Gasteiger charge is 2.24. The van der Waals surface area contributed by atoms with Crippen molar-refractivity contribution < 1.29 is 18.6 Å². The van der Waals surface area contributed by atoms with Crippen LogP contribution in [0, 0.1) is 13.8 Å². The Hall–Kier alpha value is -2.01. The molecule has 4 nitrogen and oxygen atoms in total. The van der Waals surface area contributed by atoms with Crippen LogP contribution in [-0.2, 0) is 9.84 Å². The van der Waals surface area contributed by atoms with Gasteiger partial charge in [-0.1, -0.05) is 12.1 Å². The topological polar surface area (TPSA) is 74.6 Å². The van der Waals surface area contributed by atoms with Gasteiger partial charge in [-0.2, -0.15) is 0 Å². The molecule has 0 bridgehead atoms. The van der Waals surface area contributed by atoms with Crippen LogP contribution in [0.25, 0.3) is 0 Å². The Bertz CT molecular complexity index is 733. The van der Waals surface area contributed by atoms with Crippen LogP contribution in [0.1, 0.15) is 11.1 Å². The van der Waals surface area contributed by atoms with Crippen LogP contribution in [0.2, 0.25) is 0 Å². The highest BCUT2D eigenvalue weighted by Crippen LogP contribution is 2.34. The molecule has 0 aliphatic heterocycles. The minimum atomic E-state index is -3.94. The second-order valence-electron chi connectivity index (χ2n) is 4.38. The maximum absolute atomic E-state index is 12.4. The van der Waals surface area contributed by atoms with Crippen molar-refractivity contribution in [1.82, 2.24) is 0 Å². The van der Waals surface area contributed by atoms with E-state index >= 15 is 0 Å². The predicted octanol–water partition coefficient (Wildman–Crippen LogP) is 2.55. The van der Waals surface area contributed by atoms with Crippen LogP contribution < -0.4 is 0 Å². The van der Waals surface area contributed by atoms with Crippen molar-refractivity contribution in [2.75, 3.05) is 0 Å². The number of phenolic OH excluding ortho intramolecular Hbond substituents is 2. The zero-order valence-corrected chi connectivity index (χ0v) is 11.4. The summed E-state index contributed by atoms with van der Waals surface area (Å²) in [6, 6.07) is 8.47. The molecule has 2 N–H and O–H groups in total. The van der Waals surface area contributed by atoms with E-state index in [9.17, 15) is 18.6 Å². The number of sulfone groups is 1. The quantitative estimate of drug-likeness (QED) is 0.885. The lowest BCUT2D eigenvalue weighted by Gasteiger charge is -2.10. The zero-order valence-electron chi connectivity index (χ0n) is 10.6. The van der Waals surface area contributed by atoms with Gasteiger partial charge in [0.05, 0.1) is 0 Å². The van der Waals surface area contributed by atoms with Gasteiger partial charge in [-0.3, -0.25) is 0 Å². The molecular formula is C14H14O4S. The fraction of sp³-hybridized carbons (Fsp3) is 0.143. The first-order chi connectivity index (χ1) is 8.84. The van der Waals surface area contributed by atoms with Gasteiger partial charge in [0.2, 0.25) is 9.84 Å². The van der Waals surface area contributed by atoms with Crippen molar-refractivity contribution in [2.24, 2.45) is 0 Å². The number of para-hydroxylation sites is 1. The molecule has 0 amide bonds. The second kappa shape index (κ2) is 4.59. The maximum Gasteiger partial charge on any atom is 0.213 e. The molecule has 2 aromatic carbocycles. The lowest BCUT2D eigenvalue weighted by molar-refractivity contribution is 0.452. The molecule has 0 unspecified atom stereocenters. The minimum absolute atomic E-state index is 0.197. The van der Waals surface area contributed by atoms with Crippen LogP contribution in [0.4, 0.5) is 0 Å². The molecule has 100 valence electrons. The number of hydrogen-bond acceptors (Lipinski definition) is 4. The van der Waals surface area contributed by atoms with Gasteiger partial charge in [-0.25, -0.2) is 8.42 Å². The third-order valence-electron chi connectivity index (χ3n) is 3.02. The number of phenols is 2. The Labute approximate surface area is 111 Å². The summed E-state index contributed by atoms with van der Waals surface area (Å²) in [6.45, 7) is 3.55. The summed E-state index contributed by atoms with van der Waals surface area (Å²) in [5.74, 6) is -0.647. The fourth-order valence-electron chi connectivity index (χ4n) is 1.79. The van der Waals surface area contributed by atoms with Crippen LogP contribution in [0.3, 0.4) is 0 Å². The lowest BCUT2D eigenvalue weighted by atomic mass is 10.1. The summed E-state index contributed by atoms with van der Waals surface area (Å²) >= 11 is 0. The molecule has 0 aliphatic carbocycles. The van der Waals surface area contributed by atoms with E-state index in [1.165, 1.54) is 36.4 Å². The zero-order chi connectivity index (χ0) is 14.2. The van der Waals surface area contributed by atoms with Gasteiger partial charge < -0.3 is 10.2 Å². The van der Waals surface area contributed by atoms with Crippen molar-refractivity contribution in [1.29, 1.82) is 0 Å². The first kappa shape index (κ1) is 13.4. The summed E-state index contributed by atoms with van der Waals surface area (Å²) in [7, 11) is -3.94. The molecule has 0 radical (unpaired) electrons. The average molecular weight is 278 g/mol. The molecule has 5 heteroatoms. The highest BCUT2D eigenvalue weighted by molar-refractivity contribution is 7.91. The minimum Gasteiger partial charge on any atom is -0.507 e. The standard InChI is InChI=1S/C14H14O4S/c1-9-7-12(16)14(8-10(9)2)19(17,18)13-6-4-3-5-11(13)15/h3-8,15-16H,1-2H3. The molecule has 0 saturated carbocycles. The fourth-order valence-corrected chi connectivity index (χ4v) is 3.30. The Balaban J connectivity index is 2.71. The third kappa shape index (κ3) is 2.29. The number of aryl methyl sites for hydroxylation is 2. The number of benzene rings is 2. The molecule has 19 heavy (non-hydrogen) atoms. The van der Waals surface area contributed by atoms with Crippen molar-refractivity contribution in [3.63, 3.8) is 0 Å². The predicted molar refractivity (Wildman–Crippen MR) is 71.1 cm³/mol. The Morgan fingerprint density at radius 3 is 2.05 bits per heavy atom. The molecule has 0 aliphatic rings. The molecule has 0 fully saturated rings. The first-order valence-electron chi connectivity index (χ1n) is 5.67. The molecule has 0 heterocycles. The smallest absolute Gasteiger partial charge is 0.213 e. The molecular weight excluding hydrogens is 264 g/mol. The summed E-state index contributed by atoms with van der Waals surface area (Å²) in [5, 5.41) is 19.5. The van der Waals surface area contributed by atoms with Crippen molar-refractivity contribution >= 4 is 9.84 Å². The summed E-state index contributed by atoms with van der Waals surface area (Å²) in [4.78, 5) is -0.411. The van der Waals surface area contributed by atoms with Crippen LogP contribution >= 0.6 is 0 Å². The normalized spacial score (nSPS) is 11.5. The van der Waals surface area contributed by atoms with E-state index in [-0.39, 0.29) is 21.3 Å². The number of aromatic hydroxyl groups is 2. The molecule has 0 atom stereocenters. The van der Waals surface area contributed by atoms with E-state index in [4.69, 9.17) is 0 Å². The monoisotopic (exact) mass is 278 g/mol. The van der Waals surface area contributed by atoms with Crippen LogP contribution in [0.15, 0.2) is 46.2 Å². The van der Waals surface area contributed by atoms with Gasteiger partial charge in [0.15, 0.2) is 0 Å². The van der Waals surface area contributed by atoms with E-state index in [1.54, 1.807) is 13.8 Å². The maximum atomic E-state index is 12.4. The van der Waals surface area contributed by atoms with Crippen molar-refractivity contribution in [3.05, 3.63) is 47.5 Å². The van der Waals surface area contributed by atoms with E-state index in [2.05, 4.69) is 0 Å². The van der Waals surface area contributed by atoms with Crippen LogP contribution in [-0.4, -0.2) is 18.6 Å². The highest BCUT2D eigenvalue weighted by atomic mass is 32.2. The Morgan fingerprint density at radius 1 is 0.842 bits per heavy atom. The second-order valence-corrected chi connectivity index (χ2v) is 6.26. The van der Waals surface area contributed by atoms with E-state index in [0.717, 1.165) is 11.1 Å². The van der Waals surface area contributed by atoms with E-state index in [0.29, 0.717) is 0 Å². The summed E-state index contributed by atoms with van der Waals surface area (Å²) in [6.07, 6.45) is 0. The molecule has 0 aromatic heterocycles. The van der Waals surface area contributed by atoms with E-state index in [1.807, 2.05) is 0 Å². The number of hydrogen-bond donors (Lipinski definition) is 2.